The largest absolute Gasteiger partial charge is 0.462 e. The van der Waals surface area contributed by atoms with E-state index >= 15 is 0 Å². The van der Waals surface area contributed by atoms with E-state index in [1.807, 2.05) is 0 Å². The molecule has 6 heteroatoms. The van der Waals surface area contributed by atoms with Gasteiger partial charge in [-0.2, -0.15) is 0 Å². The van der Waals surface area contributed by atoms with Gasteiger partial charge in [0, 0.05) is 4.90 Å². The zero-order valence-electron chi connectivity index (χ0n) is 11.8. The van der Waals surface area contributed by atoms with Gasteiger partial charge in [-0.3, -0.25) is 9.93 Å². The Morgan fingerprint density at radius 3 is 2.77 bits per heavy atom. The van der Waals surface area contributed by atoms with Crippen LogP contribution in [-0.2, 0) is 4.74 Å². The molecule has 112 valence electrons. The van der Waals surface area contributed by atoms with Crippen LogP contribution in [0.25, 0.3) is 21.9 Å². The Labute approximate surface area is 130 Å². The summed E-state index contributed by atoms with van der Waals surface area (Å²) in [5, 5.41) is 6.22. The van der Waals surface area contributed by atoms with Crippen molar-refractivity contribution in [2.75, 3.05) is 6.61 Å². The minimum Gasteiger partial charge on any atom is -0.462 e. The summed E-state index contributed by atoms with van der Waals surface area (Å²) < 4.78 is 10.8. The molecule has 2 aromatic carbocycles. The number of fused-ring (bicyclic) bond motifs is 2. The first-order chi connectivity index (χ1) is 10.7. The molecule has 3 rings (SSSR count). The Hall–Kier alpha value is -2.31. The van der Waals surface area contributed by atoms with Gasteiger partial charge >= 0.3 is 5.97 Å². The lowest BCUT2D eigenvalue weighted by Crippen LogP contribution is -2.12. The average Bonchev–Trinajstić information content (AvgIpc) is 2.54. The van der Waals surface area contributed by atoms with Crippen LogP contribution in [0.1, 0.15) is 17.3 Å². The highest BCUT2D eigenvalue weighted by atomic mass is 32.2. The highest BCUT2D eigenvalue weighted by Gasteiger charge is 2.18. The van der Waals surface area contributed by atoms with E-state index in [1.165, 1.54) is 0 Å². The molecule has 0 spiro atoms. The lowest BCUT2D eigenvalue weighted by atomic mass is 10.1. The van der Waals surface area contributed by atoms with Crippen LogP contribution in [-0.4, -0.2) is 12.6 Å². The fraction of sp³-hybridized carbons (Fsp3) is 0.125. The van der Waals surface area contributed by atoms with Crippen molar-refractivity contribution in [2.24, 2.45) is 5.14 Å². The van der Waals surface area contributed by atoms with Crippen molar-refractivity contribution < 1.29 is 13.9 Å². The van der Waals surface area contributed by atoms with Crippen molar-refractivity contribution in [1.82, 2.24) is 0 Å². The van der Waals surface area contributed by atoms with Gasteiger partial charge in [-0.25, -0.2) is 4.79 Å². The van der Waals surface area contributed by atoms with Crippen LogP contribution in [0, 0.1) is 0 Å². The number of carbonyl (C=O) groups excluding carboxylic acids is 1. The molecule has 3 aromatic rings. The third kappa shape index (κ3) is 2.36. The molecule has 0 atom stereocenters. The second kappa shape index (κ2) is 5.82. The first-order valence-corrected chi connectivity index (χ1v) is 7.57. The number of ether oxygens (including phenoxy) is 1. The maximum Gasteiger partial charge on any atom is 0.339 e. The fourth-order valence-electron chi connectivity index (χ4n) is 2.34. The maximum absolute atomic E-state index is 12.7. The van der Waals surface area contributed by atoms with E-state index in [-0.39, 0.29) is 23.0 Å². The minimum atomic E-state index is -0.564. The molecule has 5 nitrogen and oxygen atoms in total. The molecule has 0 bridgehead atoms. The second-order valence-electron chi connectivity index (χ2n) is 4.61. The quantitative estimate of drug-likeness (QED) is 0.454. The van der Waals surface area contributed by atoms with E-state index in [1.54, 1.807) is 43.3 Å². The van der Waals surface area contributed by atoms with Crippen molar-refractivity contribution >= 4 is 39.9 Å². The molecular weight excluding hydrogens is 302 g/mol. The molecule has 0 amide bonds. The molecule has 0 saturated carbocycles. The van der Waals surface area contributed by atoms with Crippen LogP contribution in [0.5, 0.6) is 0 Å². The van der Waals surface area contributed by atoms with Crippen molar-refractivity contribution in [3.63, 3.8) is 0 Å². The molecule has 0 radical (unpaired) electrons. The lowest BCUT2D eigenvalue weighted by molar-refractivity contribution is 0.0528. The first kappa shape index (κ1) is 14.6. The zero-order chi connectivity index (χ0) is 15.7. The van der Waals surface area contributed by atoms with Crippen molar-refractivity contribution in [2.45, 2.75) is 11.8 Å². The first-order valence-electron chi connectivity index (χ1n) is 6.69. The summed E-state index contributed by atoms with van der Waals surface area (Å²) in [5.74, 6) is -0.564. The van der Waals surface area contributed by atoms with Crippen LogP contribution in [0.15, 0.2) is 50.5 Å². The average molecular weight is 315 g/mol. The second-order valence-corrected chi connectivity index (χ2v) is 5.32. The number of para-hydroxylation sites is 1. The van der Waals surface area contributed by atoms with E-state index in [0.29, 0.717) is 21.4 Å². The molecule has 1 aromatic heterocycles. The van der Waals surface area contributed by atoms with E-state index in [9.17, 15) is 9.59 Å². The SMILES string of the molecule is CCOC(=O)c1cc(SN)cc2oc3ccccc3c(=O)c12. The normalized spacial score (nSPS) is 11.0. The van der Waals surface area contributed by atoms with Gasteiger partial charge in [-0.15, -0.1) is 0 Å². The highest BCUT2D eigenvalue weighted by molar-refractivity contribution is 7.97. The Morgan fingerprint density at radius 1 is 1.27 bits per heavy atom. The summed E-state index contributed by atoms with van der Waals surface area (Å²) in [5.41, 5.74) is 0.705. The third-order valence-electron chi connectivity index (χ3n) is 3.29. The predicted octanol–water partition coefficient (Wildman–Crippen LogP) is 3.09. The van der Waals surface area contributed by atoms with Gasteiger partial charge in [0.15, 0.2) is 0 Å². The van der Waals surface area contributed by atoms with Crippen LogP contribution >= 0.6 is 11.9 Å². The zero-order valence-corrected chi connectivity index (χ0v) is 12.6. The fourth-order valence-corrected chi connectivity index (χ4v) is 2.70. The van der Waals surface area contributed by atoms with E-state index in [2.05, 4.69) is 0 Å². The number of nitrogens with two attached hydrogens (primary N) is 1. The van der Waals surface area contributed by atoms with Crippen LogP contribution in [0.2, 0.25) is 0 Å². The highest BCUT2D eigenvalue weighted by Crippen LogP contribution is 2.26. The number of hydrogen-bond donors (Lipinski definition) is 1. The maximum atomic E-state index is 12.7. The molecule has 0 fully saturated rings. The summed E-state index contributed by atoms with van der Waals surface area (Å²) in [6, 6.07) is 10.1. The smallest absolute Gasteiger partial charge is 0.339 e. The predicted molar refractivity (Wildman–Crippen MR) is 86.0 cm³/mol. The number of benzene rings is 2. The molecule has 22 heavy (non-hydrogen) atoms. The number of rotatable bonds is 3. The molecule has 0 aliphatic rings. The molecule has 2 N–H and O–H groups in total. The van der Waals surface area contributed by atoms with Crippen LogP contribution in [0.3, 0.4) is 0 Å². The van der Waals surface area contributed by atoms with Gasteiger partial charge < -0.3 is 9.15 Å². The Kier molecular flexibility index (Phi) is 3.87. The third-order valence-corrected chi connectivity index (χ3v) is 3.79. The number of esters is 1. The van der Waals surface area contributed by atoms with Crippen LogP contribution < -0.4 is 10.6 Å². The van der Waals surface area contributed by atoms with Crippen molar-refractivity contribution in [3.05, 3.63) is 52.2 Å². The Morgan fingerprint density at radius 2 is 2.05 bits per heavy atom. The van der Waals surface area contributed by atoms with Crippen molar-refractivity contribution in [3.8, 4) is 0 Å². The summed E-state index contributed by atoms with van der Waals surface area (Å²) in [4.78, 5) is 25.5. The lowest BCUT2D eigenvalue weighted by Gasteiger charge is -2.08. The monoisotopic (exact) mass is 315 g/mol. The topological polar surface area (TPSA) is 82.5 Å². The summed E-state index contributed by atoms with van der Waals surface area (Å²) in [7, 11) is 0. The summed E-state index contributed by atoms with van der Waals surface area (Å²) in [6.45, 7) is 1.93. The standard InChI is InChI=1S/C16H13NO4S/c1-2-20-16(19)11-7-9(22-17)8-13-14(11)15(18)10-5-3-4-6-12(10)21-13/h3-8H,2,17H2,1H3. The van der Waals surface area contributed by atoms with Gasteiger partial charge in [0.1, 0.15) is 11.2 Å². The van der Waals surface area contributed by atoms with Gasteiger partial charge in [0.2, 0.25) is 5.43 Å². The minimum absolute atomic E-state index is 0.173. The number of hydrogen-bond acceptors (Lipinski definition) is 6. The van der Waals surface area contributed by atoms with Gasteiger partial charge in [0.25, 0.3) is 0 Å². The van der Waals surface area contributed by atoms with Gasteiger partial charge in [0.05, 0.1) is 22.9 Å². The molecule has 0 saturated heterocycles. The molecule has 0 aliphatic heterocycles. The van der Waals surface area contributed by atoms with E-state index in [4.69, 9.17) is 14.3 Å². The molecular formula is C16H13NO4S. The number of carbonyl (C=O) groups is 1. The molecule has 1 heterocycles. The van der Waals surface area contributed by atoms with Crippen LogP contribution in [0.4, 0.5) is 0 Å². The van der Waals surface area contributed by atoms with Gasteiger partial charge in [-0.05, 0) is 43.1 Å². The van der Waals surface area contributed by atoms with E-state index in [0.717, 1.165) is 11.9 Å². The molecule has 0 aliphatic carbocycles. The van der Waals surface area contributed by atoms with Crippen molar-refractivity contribution in [1.29, 1.82) is 0 Å². The van der Waals surface area contributed by atoms with Gasteiger partial charge in [-0.1, -0.05) is 12.1 Å². The summed E-state index contributed by atoms with van der Waals surface area (Å²) >= 11 is 0.975. The molecule has 0 unspecified atom stereocenters. The Bertz CT molecular complexity index is 932. The van der Waals surface area contributed by atoms with E-state index < -0.39 is 5.97 Å². The summed E-state index contributed by atoms with van der Waals surface area (Å²) in [6.07, 6.45) is 0. The Balaban J connectivity index is 2.44.